The fraction of sp³-hybridized carbons (Fsp3) is 0.611. The van der Waals surface area contributed by atoms with E-state index in [2.05, 4.69) is 24.1 Å². The van der Waals surface area contributed by atoms with E-state index < -0.39 is 0 Å². The summed E-state index contributed by atoms with van der Waals surface area (Å²) in [5, 5.41) is 0. The van der Waals surface area contributed by atoms with Gasteiger partial charge in [-0.15, -0.1) is 0 Å². The molecule has 0 aromatic heterocycles. The quantitative estimate of drug-likeness (QED) is 0.855. The average molecular weight is 302 g/mol. The summed E-state index contributed by atoms with van der Waals surface area (Å²) in [5.74, 6) is 0.264. The molecule has 2 heterocycles. The monoisotopic (exact) mass is 302 g/mol. The van der Waals surface area contributed by atoms with Crippen molar-refractivity contribution in [3.8, 4) is 0 Å². The lowest BCUT2D eigenvalue weighted by molar-refractivity contribution is -0.159. The number of aryl methyl sites for hydroxylation is 1. The zero-order chi connectivity index (χ0) is 15.4. The van der Waals surface area contributed by atoms with Gasteiger partial charge in [0, 0.05) is 19.5 Å². The maximum atomic E-state index is 12.5. The van der Waals surface area contributed by atoms with Crippen LogP contribution in [0.15, 0.2) is 30.3 Å². The first-order valence-corrected chi connectivity index (χ1v) is 8.31. The summed E-state index contributed by atoms with van der Waals surface area (Å²) in [5.41, 5.74) is 1.10. The van der Waals surface area contributed by atoms with E-state index in [9.17, 15) is 4.79 Å². The molecule has 1 aromatic rings. The third-order valence-electron chi connectivity index (χ3n) is 4.80. The number of nitrogens with zero attached hydrogens (tertiary/aromatic N) is 2. The molecule has 0 N–H and O–H groups in total. The van der Waals surface area contributed by atoms with Crippen LogP contribution in [-0.4, -0.2) is 61.1 Å². The standard InChI is InChI=1S/C18H26N2O2/c1-19-11-5-10-18(14-19)15-20(12-13-22-18)17(21)9-8-16-6-3-2-4-7-16/h2-4,6-7H,5,8-15H2,1H3. The van der Waals surface area contributed by atoms with Crippen LogP contribution < -0.4 is 0 Å². The minimum Gasteiger partial charge on any atom is -0.370 e. The lowest BCUT2D eigenvalue weighted by Gasteiger charge is -2.47. The number of carbonyl (C=O) groups is 1. The van der Waals surface area contributed by atoms with Crippen molar-refractivity contribution in [3.05, 3.63) is 35.9 Å². The number of carbonyl (C=O) groups excluding carboxylic acids is 1. The molecule has 1 atom stereocenters. The Balaban J connectivity index is 1.56. The van der Waals surface area contributed by atoms with Crippen molar-refractivity contribution in [2.45, 2.75) is 31.3 Å². The van der Waals surface area contributed by atoms with E-state index in [1.54, 1.807) is 0 Å². The summed E-state index contributed by atoms with van der Waals surface area (Å²) < 4.78 is 6.08. The molecule has 2 saturated heterocycles. The van der Waals surface area contributed by atoms with Gasteiger partial charge < -0.3 is 14.5 Å². The van der Waals surface area contributed by atoms with Crippen LogP contribution in [-0.2, 0) is 16.0 Å². The highest BCUT2D eigenvalue weighted by Gasteiger charge is 2.40. The Labute approximate surface area is 133 Å². The third-order valence-corrected chi connectivity index (χ3v) is 4.80. The summed E-state index contributed by atoms with van der Waals surface area (Å²) in [6.45, 7) is 4.23. The summed E-state index contributed by atoms with van der Waals surface area (Å²) in [4.78, 5) is 16.9. The number of rotatable bonds is 3. The third kappa shape index (κ3) is 3.68. The van der Waals surface area contributed by atoms with Crippen molar-refractivity contribution >= 4 is 5.91 Å². The van der Waals surface area contributed by atoms with Gasteiger partial charge in [0.1, 0.15) is 0 Å². The highest BCUT2D eigenvalue weighted by molar-refractivity contribution is 5.76. The van der Waals surface area contributed by atoms with Crippen molar-refractivity contribution in [3.63, 3.8) is 0 Å². The number of ether oxygens (including phenoxy) is 1. The minimum absolute atomic E-state index is 0.131. The van der Waals surface area contributed by atoms with E-state index in [0.29, 0.717) is 13.0 Å². The lowest BCUT2D eigenvalue weighted by atomic mass is 9.91. The largest absolute Gasteiger partial charge is 0.370 e. The van der Waals surface area contributed by atoms with Crippen LogP contribution in [0.3, 0.4) is 0 Å². The van der Waals surface area contributed by atoms with E-state index in [0.717, 1.165) is 45.4 Å². The topological polar surface area (TPSA) is 32.8 Å². The zero-order valence-corrected chi connectivity index (χ0v) is 13.5. The first-order chi connectivity index (χ1) is 10.7. The molecule has 4 heteroatoms. The molecular formula is C18H26N2O2. The van der Waals surface area contributed by atoms with E-state index >= 15 is 0 Å². The first kappa shape index (κ1) is 15.5. The minimum atomic E-state index is -0.131. The van der Waals surface area contributed by atoms with Crippen molar-refractivity contribution in [2.24, 2.45) is 0 Å². The van der Waals surface area contributed by atoms with Crippen molar-refractivity contribution in [2.75, 3.05) is 39.8 Å². The number of likely N-dealkylation sites (tertiary alicyclic amines) is 1. The maximum Gasteiger partial charge on any atom is 0.223 e. The predicted octanol–water partition coefficient (Wildman–Crippen LogP) is 1.94. The molecule has 0 saturated carbocycles. The Hall–Kier alpha value is -1.39. The second-order valence-electron chi connectivity index (χ2n) is 6.67. The van der Waals surface area contributed by atoms with Gasteiger partial charge in [-0.1, -0.05) is 30.3 Å². The number of amides is 1. The summed E-state index contributed by atoms with van der Waals surface area (Å²) in [7, 11) is 2.14. The van der Waals surface area contributed by atoms with Gasteiger partial charge in [-0.05, 0) is 38.4 Å². The Morgan fingerprint density at radius 1 is 1.23 bits per heavy atom. The van der Waals surface area contributed by atoms with Gasteiger partial charge in [-0.3, -0.25) is 4.79 Å². The second-order valence-corrected chi connectivity index (χ2v) is 6.67. The highest BCUT2D eigenvalue weighted by atomic mass is 16.5. The molecule has 120 valence electrons. The molecule has 0 radical (unpaired) electrons. The number of hydrogen-bond acceptors (Lipinski definition) is 3. The van der Waals surface area contributed by atoms with Crippen molar-refractivity contribution in [1.29, 1.82) is 0 Å². The van der Waals surface area contributed by atoms with Crippen LogP contribution in [0.2, 0.25) is 0 Å². The van der Waals surface area contributed by atoms with E-state index in [-0.39, 0.29) is 11.5 Å². The van der Waals surface area contributed by atoms with E-state index in [1.807, 2.05) is 23.1 Å². The van der Waals surface area contributed by atoms with E-state index in [1.165, 1.54) is 5.56 Å². The number of piperidine rings is 1. The maximum absolute atomic E-state index is 12.5. The Morgan fingerprint density at radius 2 is 2.05 bits per heavy atom. The fourth-order valence-electron chi connectivity index (χ4n) is 3.68. The molecule has 1 amide bonds. The summed E-state index contributed by atoms with van der Waals surface area (Å²) >= 11 is 0. The predicted molar refractivity (Wildman–Crippen MR) is 86.8 cm³/mol. The Bertz CT molecular complexity index is 501. The summed E-state index contributed by atoms with van der Waals surface area (Å²) in [6, 6.07) is 10.2. The first-order valence-electron chi connectivity index (χ1n) is 8.31. The number of hydrogen-bond donors (Lipinski definition) is 0. The molecule has 0 bridgehead atoms. The van der Waals surface area contributed by atoms with Crippen LogP contribution in [0.25, 0.3) is 0 Å². The molecular weight excluding hydrogens is 276 g/mol. The van der Waals surface area contributed by atoms with Crippen LogP contribution in [0.1, 0.15) is 24.8 Å². The van der Waals surface area contributed by atoms with Gasteiger partial charge in [-0.25, -0.2) is 0 Å². The second kappa shape index (κ2) is 6.80. The van der Waals surface area contributed by atoms with Crippen molar-refractivity contribution in [1.82, 2.24) is 9.80 Å². The summed E-state index contributed by atoms with van der Waals surface area (Å²) in [6.07, 6.45) is 3.64. The average Bonchev–Trinajstić information content (AvgIpc) is 2.53. The molecule has 22 heavy (non-hydrogen) atoms. The number of benzene rings is 1. The molecule has 0 aliphatic carbocycles. The molecule has 1 spiro atoms. The van der Waals surface area contributed by atoms with Gasteiger partial charge in [0.05, 0.1) is 18.8 Å². The smallest absolute Gasteiger partial charge is 0.223 e. The van der Waals surface area contributed by atoms with Crippen LogP contribution in [0.4, 0.5) is 0 Å². The lowest BCUT2D eigenvalue weighted by Crippen LogP contribution is -2.60. The van der Waals surface area contributed by atoms with Crippen molar-refractivity contribution < 1.29 is 9.53 Å². The number of morpholine rings is 1. The van der Waals surface area contributed by atoms with Gasteiger partial charge in [0.15, 0.2) is 0 Å². The molecule has 4 nitrogen and oxygen atoms in total. The Morgan fingerprint density at radius 3 is 2.82 bits per heavy atom. The molecule has 2 aliphatic rings. The normalized spacial score (nSPS) is 26.3. The Kier molecular flexibility index (Phi) is 4.79. The van der Waals surface area contributed by atoms with Gasteiger partial charge in [0.25, 0.3) is 0 Å². The molecule has 1 unspecified atom stereocenters. The van der Waals surface area contributed by atoms with Gasteiger partial charge in [0.2, 0.25) is 5.91 Å². The highest BCUT2D eigenvalue weighted by Crippen LogP contribution is 2.28. The molecule has 2 aliphatic heterocycles. The fourth-order valence-corrected chi connectivity index (χ4v) is 3.68. The molecule has 2 fully saturated rings. The van der Waals surface area contributed by atoms with Crippen LogP contribution >= 0.6 is 0 Å². The van der Waals surface area contributed by atoms with Gasteiger partial charge >= 0.3 is 0 Å². The SMILES string of the molecule is CN1CCCC2(C1)CN(C(=O)CCc1ccccc1)CCO2. The molecule has 1 aromatic carbocycles. The zero-order valence-electron chi connectivity index (χ0n) is 13.5. The van der Waals surface area contributed by atoms with Gasteiger partial charge in [-0.2, -0.15) is 0 Å². The van der Waals surface area contributed by atoms with Crippen LogP contribution in [0.5, 0.6) is 0 Å². The number of likely N-dealkylation sites (N-methyl/N-ethyl adjacent to an activating group) is 1. The van der Waals surface area contributed by atoms with Crippen LogP contribution in [0, 0.1) is 0 Å². The molecule has 3 rings (SSSR count). The van der Waals surface area contributed by atoms with E-state index in [4.69, 9.17) is 4.74 Å².